The number of aliphatic hydroxyl groups excluding tert-OH is 1. The average Bonchev–Trinajstić information content (AvgIpc) is 2.90. The zero-order valence-electron chi connectivity index (χ0n) is 10.0. The number of aromatic nitrogens is 1. The van der Waals surface area contributed by atoms with Crippen molar-refractivity contribution in [3.63, 3.8) is 0 Å². The van der Waals surface area contributed by atoms with Crippen LogP contribution >= 0.6 is 23.2 Å². The highest BCUT2D eigenvalue weighted by Gasteiger charge is 2.21. The number of nitrogens with one attached hydrogen (secondary N) is 1. The van der Waals surface area contributed by atoms with Crippen LogP contribution in [-0.2, 0) is 23.2 Å². The van der Waals surface area contributed by atoms with Crippen LogP contribution in [0.15, 0.2) is 33.8 Å². The van der Waals surface area contributed by atoms with Crippen LogP contribution in [0.25, 0.3) is 0 Å². The van der Waals surface area contributed by atoms with Crippen LogP contribution in [0.2, 0.25) is 10.0 Å². The normalized spacial score (nSPS) is 11.8. The zero-order valence-corrected chi connectivity index (χ0v) is 12.3. The first kappa shape index (κ1) is 15.3. The fourth-order valence-electron chi connectivity index (χ4n) is 1.51. The number of aliphatic hydroxyl groups is 1. The smallest absolute Gasteiger partial charge is 0.242 e. The summed E-state index contributed by atoms with van der Waals surface area (Å²) in [5, 5.41) is 12.7. The van der Waals surface area contributed by atoms with Gasteiger partial charge in [0, 0.05) is 16.7 Å². The van der Waals surface area contributed by atoms with Gasteiger partial charge in [-0.25, -0.2) is 13.1 Å². The molecule has 0 unspecified atom stereocenters. The van der Waals surface area contributed by atoms with Gasteiger partial charge in [0.25, 0.3) is 0 Å². The lowest BCUT2D eigenvalue weighted by atomic mass is 10.2. The molecule has 0 aliphatic heterocycles. The third-order valence-electron chi connectivity index (χ3n) is 2.53. The van der Waals surface area contributed by atoms with E-state index in [1.54, 1.807) is 0 Å². The predicted molar refractivity (Wildman–Crippen MR) is 72.9 cm³/mol. The molecule has 1 aromatic heterocycles. The third kappa shape index (κ3) is 3.13. The molecule has 2 N–H and O–H groups in total. The number of sulfonamides is 1. The Morgan fingerprint density at radius 1 is 1.30 bits per heavy atom. The second-order valence-electron chi connectivity index (χ2n) is 3.80. The SMILES string of the molecule is O=S(=O)(NCc1ccno1)c1ccc(Cl)c(CO)c1Cl. The van der Waals surface area contributed by atoms with Crippen molar-refractivity contribution < 1.29 is 18.0 Å². The quantitative estimate of drug-likeness (QED) is 0.870. The van der Waals surface area contributed by atoms with E-state index in [1.807, 2.05) is 0 Å². The summed E-state index contributed by atoms with van der Waals surface area (Å²) in [5.41, 5.74) is 0.163. The number of benzene rings is 1. The molecule has 0 bridgehead atoms. The Morgan fingerprint density at radius 2 is 2.05 bits per heavy atom. The first-order chi connectivity index (χ1) is 9.45. The van der Waals surface area contributed by atoms with Crippen LogP contribution < -0.4 is 4.72 Å². The van der Waals surface area contributed by atoms with Crippen molar-refractivity contribution in [2.24, 2.45) is 0 Å². The van der Waals surface area contributed by atoms with Gasteiger partial charge in [-0.15, -0.1) is 0 Å². The highest BCUT2D eigenvalue weighted by atomic mass is 35.5. The number of rotatable bonds is 5. The largest absolute Gasteiger partial charge is 0.392 e. The van der Waals surface area contributed by atoms with Crippen molar-refractivity contribution in [2.45, 2.75) is 18.0 Å². The molecule has 2 rings (SSSR count). The first-order valence-corrected chi connectivity index (χ1v) is 7.66. The summed E-state index contributed by atoms with van der Waals surface area (Å²) in [6.45, 7) is -0.515. The van der Waals surface area contributed by atoms with Crippen molar-refractivity contribution in [2.75, 3.05) is 0 Å². The Bertz CT molecular complexity index is 701. The summed E-state index contributed by atoms with van der Waals surface area (Å²) < 4.78 is 31.4. The average molecular weight is 337 g/mol. The molecule has 0 amide bonds. The molecule has 0 atom stereocenters. The topological polar surface area (TPSA) is 92.4 Å². The van der Waals surface area contributed by atoms with Crippen molar-refractivity contribution in [1.29, 1.82) is 0 Å². The highest BCUT2D eigenvalue weighted by Crippen LogP contribution is 2.31. The van der Waals surface area contributed by atoms with Crippen molar-refractivity contribution in [1.82, 2.24) is 9.88 Å². The summed E-state index contributed by atoms with van der Waals surface area (Å²) in [5.74, 6) is 0.362. The molecular weight excluding hydrogens is 327 g/mol. The highest BCUT2D eigenvalue weighted by molar-refractivity contribution is 7.89. The summed E-state index contributed by atoms with van der Waals surface area (Å²) in [7, 11) is -3.86. The van der Waals surface area contributed by atoms with Gasteiger partial charge in [0.1, 0.15) is 4.90 Å². The van der Waals surface area contributed by atoms with Crippen LogP contribution in [0, 0.1) is 0 Å². The second-order valence-corrected chi connectivity index (χ2v) is 6.32. The maximum Gasteiger partial charge on any atom is 0.242 e. The molecule has 20 heavy (non-hydrogen) atoms. The molecule has 0 saturated heterocycles. The predicted octanol–water partition coefficient (Wildman–Crippen LogP) is 1.95. The maximum absolute atomic E-state index is 12.1. The van der Waals surface area contributed by atoms with Gasteiger partial charge in [-0.1, -0.05) is 28.4 Å². The molecule has 0 fully saturated rings. The Balaban J connectivity index is 2.30. The number of halogens is 2. The van der Waals surface area contributed by atoms with E-state index in [4.69, 9.17) is 32.8 Å². The van der Waals surface area contributed by atoms with Crippen LogP contribution in [-0.4, -0.2) is 18.7 Å². The fraction of sp³-hybridized carbons (Fsp3) is 0.182. The van der Waals surface area contributed by atoms with Gasteiger partial charge in [0.2, 0.25) is 10.0 Å². The molecule has 9 heteroatoms. The Hall–Kier alpha value is -1.12. The molecule has 0 radical (unpaired) electrons. The summed E-state index contributed by atoms with van der Waals surface area (Å²) >= 11 is 11.8. The number of nitrogens with zero attached hydrogens (tertiary/aromatic N) is 1. The lowest BCUT2D eigenvalue weighted by Crippen LogP contribution is -2.23. The Labute approximate surface area is 125 Å². The molecule has 0 aliphatic carbocycles. The number of hydrogen-bond acceptors (Lipinski definition) is 5. The van der Waals surface area contributed by atoms with E-state index in [9.17, 15) is 8.42 Å². The minimum absolute atomic E-state index is 0.0598. The first-order valence-electron chi connectivity index (χ1n) is 5.42. The number of hydrogen-bond donors (Lipinski definition) is 2. The molecule has 1 aromatic carbocycles. The third-order valence-corrected chi connectivity index (χ3v) is 4.87. The molecule has 1 heterocycles. The molecule has 108 valence electrons. The minimum atomic E-state index is -3.86. The van der Waals surface area contributed by atoms with E-state index in [1.165, 1.54) is 24.4 Å². The van der Waals surface area contributed by atoms with E-state index in [-0.39, 0.29) is 27.0 Å². The molecule has 6 nitrogen and oxygen atoms in total. The van der Waals surface area contributed by atoms with E-state index >= 15 is 0 Å². The van der Waals surface area contributed by atoms with Crippen LogP contribution in [0.5, 0.6) is 0 Å². The van der Waals surface area contributed by atoms with Gasteiger partial charge in [-0.2, -0.15) is 0 Å². The van der Waals surface area contributed by atoms with Gasteiger partial charge >= 0.3 is 0 Å². The Morgan fingerprint density at radius 3 is 2.65 bits per heavy atom. The monoisotopic (exact) mass is 336 g/mol. The van der Waals surface area contributed by atoms with Gasteiger partial charge in [0.05, 0.1) is 24.4 Å². The zero-order chi connectivity index (χ0) is 14.8. The van der Waals surface area contributed by atoms with Crippen LogP contribution in [0.4, 0.5) is 0 Å². The van der Waals surface area contributed by atoms with Crippen LogP contribution in [0.3, 0.4) is 0 Å². The fourth-order valence-corrected chi connectivity index (χ4v) is 3.39. The van der Waals surface area contributed by atoms with Gasteiger partial charge in [-0.05, 0) is 12.1 Å². The molecule has 0 spiro atoms. The van der Waals surface area contributed by atoms with Crippen molar-refractivity contribution >= 4 is 33.2 Å². The second kappa shape index (κ2) is 6.11. The van der Waals surface area contributed by atoms with Crippen molar-refractivity contribution in [3.05, 3.63) is 45.8 Å². The van der Waals surface area contributed by atoms with E-state index < -0.39 is 16.6 Å². The lowest BCUT2D eigenvalue weighted by molar-refractivity contribution is 0.281. The summed E-state index contributed by atoms with van der Waals surface area (Å²) in [6.07, 6.45) is 1.41. The standard InChI is InChI=1S/C11H10Cl2N2O4S/c12-9-1-2-10(11(13)8(9)6-16)20(17,18)15-5-7-3-4-14-19-7/h1-4,15-16H,5-6H2. The van der Waals surface area contributed by atoms with Gasteiger partial charge in [-0.3, -0.25) is 0 Å². The maximum atomic E-state index is 12.1. The van der Waals surface area contributed by atoms with Crippen molar-refractivity contribution in [3.8, 4) is 0 Å². The minimum Gasteiger partial charge on any atom is -0.392 e. The van der Waals surface area contributed by atoms with E-state index in [0.717, 1.165) is 0 Å². The molecule has 0 aliphatic rings. The summed E-state index contributed by atoms with van der Waals surface area (Å²) in [6, 6.07) is 4.17. The lowest BCUT2D eigenvalue weighted by Gasteiger charge is -2.11. The summed E-state index contributed by atoms with van der Waals surface area (Å²) in [4.78, 5) is -0.160. The van der Waals surface area contributed by atoms with E-state index in [0.29, 0.717) is 5.76 Å². The van der Waals surface area contributed by atoms with Gasteiger partial charge in [0.15, 0.2) is 5.76 Å². The molecule has 0 saturated carbocycles. The van der Waals surface area contributed by atoms with Gasteiger partial charge < -0.3 is 9.63 Å². The van der Waals surface area contributed by atoms with E-state index in [2.05, 4.69) is 9.88 Å². The van der Waals surface area contributed by atoms with Crippen LogP contribution in [0.1, 0.15) is 11.3 Å². The molecule has 2 aromatic rings. The molecular formula is C11H10Cl2N2O4S. The Kier molecular flexibility index (Phi) is 4.66.